The van der Waals surface area contributed by atoms with Crippen molar-refractivity contribution in [3.63, 3.8) is 0 Å². The highest BCUT2D eigenvalue weighted by atomic mass is 14.7. The van der Waals surface area contributed by atoms with Gasteiger partial charge in [-0.15, -0.1) is 0 Å². The third-order valence-corrected chi connectivity index (χ3v) is 12.4. The molecule has 0 radical (unpaired) electrons. The van der Waals surface area contributed by atoms with Gasteiger partial charge in [0, 0.05) is 22.1 Å². The second-order valence-corrected chi connectivity index (χ2v) is 16.1. The van der Waals surface area contributed by atoms with Crippen LogP contribution >= 0.6 is 0 Å². The Morgan fingerprint density at radius 1 is 0.210 bits per heavy atom. The van der Waals surface area contributed by atoms with E-state index in [1.807, 2.05) is 0 Å². The van der Waals surface area contributed by atoms with Crippen LogP contribution in [-0.2, 0) is 0 Å². The number of pyridine rings is 2. The molecular formula is C60H38N2. The summed E-state index contributed by atoms with van der Waals surface area (Å²) in [5, 5.41) is 11.0. The Balaban J connectivity index is 1.10. The zero-order chi connectivity index (χ0) is 41.0. The lowest BCUT2D eigenvalue weighted by Gasteiger charge is -2.16. The Hall–Kier alpha value is -8.20. The van der Waals surface area contributed by atoms with Gasteiger partial charge in [0.2, 0.25) is 0 Å². The molecular weight excluding hydrogens is 749 g/mol. The van der Waals surface area contributed by atoms with E-state index in [0.29, 0.717) is 0 Å². The van der Waals surface area contributed by atoms with Crippen LogP contribution in [0.3, 0.4) is 0 Å². The maximum atomic E-state index is 5.50. The van der Waals surface area contributed by atoms with Gasteiger partial charge in [0.15, 0.2) is 0 Å². The molecule has 0 aliphatic rings. The number of rotatable bonds is 6. The van der Waals surface area contributed by atoms with Crippen LogP contribution in [0.15, 0.2) is 231 Å². The molecule has 2 heteroatoms. The van der Waals surface area contributed by atoms with Gasteiger partial charge in [-0.3, -0.25) is 0 Å². The Morgan fingerprint density at radius 3 is 1.31 bits per heavy atom. The van der Waals surface area contributed by atoms with Gasteiger partial charge in [0.1, 0.15) is 0 Å². The molecule has 62 heavy (non-hydrogen) atoms. The summed E-state index contributed by atoms with van der Waals surface area (Å²) in [6, 6.07) is 83.1. The van der Waals surface area contributed by atoms with E-state index in [9.17, 15) is 0 Å². The van der Waals surface area contributed by atoms with E-state index in [4.69, 9.17) is 9.97 Å². The van der Waals surface area contributed by atoms with Crippen molar-refractivity contribution in [3.8, 4) is 67.2 Å². The van der Waals surface area contributed by atoms with Gasteiger partial charge >= 0.3 is 0 Å². The standard InChI is InChI=1S/C60H38N2/c1-3-16-39(17-4-1)58-36-46(37-59(62-58)40-18-5-2-6-19-40)41-22-15-23-42(32-41)54-38-60(55-34-44-21-8-10-25-48(44)50-27-12-14-29-52(50)55)61-57-31-30-45(35-56(54)57)53-33-43-20-7-9-24-47(43)49-26-11-13-28-51(49)53/h1-38H. The lowest BCUT2D eigenvalue weighted by Crippen LogP contribution is -1.94. The maximum Gasteiger partial charge on any atom is 0.0722 e. The van der Waals surface area contributed by atoms with Crippen LogP contribution in [0.2, 0.25) is 0 Å². The van der Waals surface area contributed by atoms with Crippen LogP contribution < -0.4 is 0 Å². The minimum atomic E-state index is 0.944. The molecule has 2 aromatic heterocycles. The summed E-state index contributed by atoms with van der Waals surface area (Å²) < 4.78 is 0. The molecule has 2 heterocycles. The summed E-state index contributed by atoms with van der Waals surface area (Å²) in [6.45, 7) is 0. The second kappa shape index (κ2) is 14.8. The van der Waals surface area contributed by atoms with Crippen molar-refractivity contribution in [1.82, 2.24) is 9.97 Å². The molecule has 288 valence electrons. The van der Waals surface area contributed by atoms with Crippen LogP contribution in [0.4, 0.5) is 0 Å². The highest BCUT2D eigenvalue weighted by molar-refractivity contribution is 6.16. The molecule has 0 atom stereocenters. The summed E-state index contributed by atoms with van der Waals surface area (Å²) in [6.07, 6.45) is 0. The van der Waals surface area contributed by atoms with Gasteiger partial charge < -0.3 is 0 Å². The lowest BCUT2D eigenvalue weighted by atomic mass is 9.90. The first kappa shape index (κ1) is 35.7. The molecule has 0 bridgehead atoms. The second-order valence-electron chi connectivity index (χ2n) is 16.1. The number of hydrogen-bond donors (Lipinski definition) is 0. The average molecular weight is 787 g/mol. The van der Waals surface area contributed by atoms with Crippen molar-refractivity contribution in [2.45, 2.75) is 0 Å². The molecule has 0 N–H and O–H groups in total. The van der Waals surface area contributed by atoms with Crippen LogP contribution in [0.1, 0.15) is 0 Å². The van der Waals surface area contributed by atoms with Crippen molar-refractivity contribution in [2.75, 3.05) is 0 Å². The Labute approximate surface area is 360 Å². The molecule has 0 unspecified atom stereocenters. The van der Waals surface area contributed by atoms with Crippen molar-refractivity contribution in [2.24, 2.45) is 0 Å². The van der Waals surface area contributed by atoms with Gasteiger partial charge in [-0.1, -0.05) is 182 Å². The Kier molecular flexibility index (Phi) is 8.53. The predicted octanol–water partition coefficient (Wildman–Crippen LogP) is 16.2. The molecule has 0 saturated carbocycles. The molecule has 0 saturated heterocycles. The highest BCUT2D eigenvalue weighted by Crippen LogP contribution is 2.42. The van der Waals surface area contributed by atoms with Gasteiger partial charge in [0.25, 0.3) is 0 Å². The largest absolute Gasteiger partial charge is 0.248 e. The van der Waals surface area contributed by atoms with Gasteiger partial charge in [-0.2, -0.15) is 0 Å². The molecule has 2 nitrogen and oxygen atoms in total. The number of nitrogens with zero attached hydrogens (tertiary/aromatic N) is 2. The summed E-state index contributed by atoms with van der Waals surface area (Å²) >= 11 is 0. The van der Waals surface area contributed by atoms with E-state index >= 15 is 0 Å². The van der Waals surface area contributed by atoms with Gasteiger partial charge in [-0.05, 0) is 125 Å². The summed E-state index contributed by atoms with van der Waals surface area (Å²) in [4.78, 5) is 10.7. The van der Waals surface area contributed by atoms with Gasteiger partial charge in [-0.25, -0.2) is 9.97 Å². The molecule has 0 fully saturated rings. The smallest absolute Gasteiger partial charge is 0.0722 e. The van der Waals surface area contributed by atoms with E-state index in [1.165, 1.54) is 48.7 Å². The third-order valence-electron chi connectivity index (χ3n) is 12.4. The Morgan fingerprint density at radius 2 is 0.677 bits per heavy atom. The number of hydrogen-bond acceptors (Lipinski definition) is 2. The van der Waals surface area contributed by atoms with Crippen LogP contribution in [0.5, 0.6) is 0 Å². The van der Waals surface area contributed by atoms with Crippen LogP contribution in [0.25, 0.3) is 121 Å². The first-order chi connectivity index (χ1) is 30.7. The van der Waals surface area contributed by atoms with E-state index in [1.54, 1.807) is 0 Å². The topological polar surface area (TPSA) is 25.8 Å². The third kappa shape index (κ3) is 6.20. The van der Waals surface area contributed by atoms with E-state index in [0.717, 1.165) is 72.5 Å². The van der Waals surface area contributed by atoms with E-state index < -0.39 is 0 Å². The number of benzene rings is 10. The van der Waals surface area contributed by atoms with Gasteiger partial charge in [0.05, 0.1) is 22.6 Å². The first-order valence-electron chi connectivity index (χ1n) is 21.2. The fourth-order valence-corrected chi connectivity index (χ4v) is 9.41. The quantitative estimate of drug-likeness (QED) is 0.157. The van der Waals surface area contributed by atoms with Crippen LogP contribution in [0, 0.1) is 0 Å². The van der Waals surface area contributed by atoms with Crippen molar-refractivity contribution < 1.29 is 0 Å². The molecule has 10 aromatic carbocycles. The minimum Gasteiger partial charge on any atom is -0.248 e. The monoisotopic (exact) mass is 786 g/mol. The molecule has 0 amide bonds. The normalized spacial score (nSPS) is 11.5. The SMILES string of the molecule is c1ccc(-c2cc(-c3cccc(-c4cc(-c5cc6ccccc6c6ccccc56)nc5ccc(-c6cc7ccccc7c7ccccc67)cc45)c3)cc(-c3ccccc3)n2)cc1. The number of fused-ring (bicyclic) bond motifs is 7. The van der Waals surface area contributed by atoms with Crippen LogP contribution in [-0.4, -0.2) is 9.97 Å². The lowest BCUT2D eigenvalue weighted by molar-refractivity contribution is 1.32. The van der Waals surface area contributed by atoms with Crippen molar-refractivity contribution in [1.29, 1.82) is 0 Å². The average Bonchev–Trinajstić information content (AvgIpc) is 3.36. The predicted molar refractivity (Wildman–Crippen MR) is 262 cm³/mol. The molecule has 0 aliphatic heterocycles. The fourth-order valence-electron chi connectivity index (χ4n) is 9.41. The zero-order valence-corrected chi connectivity index (χ0v) is 33.8. The van der Waals surface area contributed by atoms with Crippen molar-refractivity contribution in [3.05, 3.63) is 231 Å². The summed E-state index contributed by atoms with van der Waals surface area (Å²) in [5.74, 6) is 0. The molecule has 0 spiro atoms. The fraction of sp³-hybridized carbons (Fsp3) is 0. The molecule has 12 aromatic rings. The number of aromatic nitrogens is 2. The highest BCUT2D eigenvalue weighted by Gasteiger charge is 2.17. The van der Waals surface area contributed by atoms with E-state index in [2.05, 4.69) is 231 Å². The first-order valence-corrected chi connectivity index (χ1v) is 21.2. The maximum absolute atomic E-state index is 5.50. The summed E-state index contributed by atoms with van der Waals surface area (Å²) in [5.41, 5.74) is 14.0. The van der Waals surface area contributed by atoms with E-state index in [-0.39, 0.29) is 0 Å². The zero-order valence-electron chi connectivity index (χ0n) is 33.8. The molecule has 12 rings (SSSR count). The summed E-state index contributed by atoms with van der Waals surface area (Å²) in [7, 11) is 0. The molecule has 0 aliphatic carbocycles. The van der Waals surface area contributed by atoms with Crippen molar-refractivity contribution >= 4 is 54.0 Å². The Bertz CT molecular complexity index is 3630. The minimum absolute atomic E-state index is 0.944.